The van der Waals surface area contributed by atoms with Gasteiger partial charge in [-0.3, -0.25) is 5.32 Å². The molecule has 29 heavy (non-hydrogen) atoms. The number of nitrogens with one attached hydrogen (secondary N) is 2. The number of fused-ring (bicyclic) bond motifs is 2. The molecule has 2 aliphatic rings. The maximum absolute atomic E-state index is 12.6. The number of H-pyrrole nitrogens is 1. The van der Waals surface area contributed by atoms with Gasteiger partial charge in [-0.25, -0.2) is 19.7 Å². The van der Waals surface area contributed by atoms with E-state index in [0.29, 0.717) is 23.7 Å². The first kappa shape index (κ1) is 18.0. The first-order chi connectivity index (χ1) is 14.1. The molecule has 5 rings (SSSR count). The number of urea groups is 1. The highest BCUT2D eigenvalue weighted by Crippen LogP contribution is 2.41. The molecule has 2 fully saturated rings. The van der Waals surface area contributed by atoms with Gasteiger partial charge in [0.2, 0.25) is 0 Å². The van der Waals surface area contributed by atoms with Crippen LogP contribution in [0.4, 0.5) is 16.4 Å². The molecule has 0 radical (unpaired) electrons. The third kappa shape index (κ3) is 3.20. The molecule has 0 spiro atoms. The van der Waals surface area contributed by atoms with E-state index in [9.17, 15) is 4.79 Å². The molecule has 0 aromatic carbocycles. The molecule has 9 heteroatoms. The van der Waals surface area contributed by atoms with Crippen LogP contribution >= 0.6 is 0 Å². The minimum Gasteiger partial charge on any atom is -0.356 e. The Morgan fingerprint density at radius 2 is 2.07 bits per heavy atom. The van der Waals surface area contributed by atoms with Crippen LogP contribution in [0.25, 0.3) is 11.0 Å². The van der Waals surface area contributed by atoms with E-state index in [4.69, 9.17) is 0 Å². The molecule has 1 aliphatic heterocycles. The summed E-state index contributed by atoms with van der Waals surface area (Å²) < 4.78 is 1.95. The Labute approximate surface area is 169 Å². The highest BCUT2D eigenvalue weighted by molar-refractivity contribution is 5.88. The summed E-state index contributed by atoms with van der Waals surface area (Å²) in [7, 11) is 2.12. The number of anilines is 2. The Morgan fingerprint density at radius 1 is 1.28 bits per heavy atom. The lowest BCUT2D eigenvalue weighted by Crippen LogP contribution is -2.36. The quantitative estimate of drug-likeness (QED) is 0.709. The minimum atomic E-state index is -0.0458. The van der Waals surface area contributed by atoms with E-state index >= 15 is 0 Å². The van der Waals surface area contributed by atoms with Gasteiger partial charge < -0.3 is 19.4 Å². The van der Waals surface area contributed by atoms with Crippen molar-refractivity contribution in [1.29, 1.82) is 0 Å². The van der Waals surface area contributed by atoms with Crippen LogP contribution in [0.1, 0.15) is 19.8 Å². The zero-order chi connectivity index (χ0) is 20.0. The number of hydrogen-bond acceptors (Lipinski definition) is 5. The van der Waals surface area contributed by atoms with E-state index in [0.717, 1.165) is 49.3 Å². The number of aryl methyl sites for hydroxylation is 1. The van der Waals surface area contributed by atoms with Crippen molar-refractivity contribution in [2.45, 2.75) is 32.4 Å². The summed E-state index contributed by atoms with van der Waals surface area (Å²) in [6, 6.07) is 2.42. The molecule has 0 bridgehead atoms. The molecule has 1 saturated carbocycles. The Kier molecular flexibility index (Phi) is 4.37. The van der Waals surface area contributed by atoms with Gasteiger partial charge in [-0.15, -0.1) is 0 Å². The Bertz CT molecular complexity index is 1010. The van der Waals surface area contributed by atoms with Crippen molar-refractivity contribution in [1.82, 2.24) is 29.4 Å². The smallest absolute Gasteiger partial charge is 0.323 e. The number of carbonyl (C=O) groups excluding carboxylic acids is 1. The van der Waals surface area contributed by atoms with Crippen molar-refractivity contribution in [2.24, 2.45) is 11.8 Å². The summed E-state index contributed by atoms with van der Waals surface area (Å²) in [5.74, 6) is 2.66. The molecule has 152 valence electrons. The fraction of sp³-hybridized carbons (Fsp3) is 0.500. The van der Waals surface area contributed by atoms with Crippen molar-refractivity contribution in [3.63, 3.8) is 0 Å². The van der Waals surface area contributed by atoms with E-state index in [-0.39, 0.29) is 6.03 Å². The third-order valence-electron chi connectivity index (χ3n) is 6.46. The molecule has 3 aromatic rings. The monoisotopic (exact) mass is 394 g/mol. The van der Waals surface area contributed by atoms with Gasteiger partial charge in [-0.2, -0.15) is 0 Å². The molecule has 9 nitrogen and oxygen atoms in total. The van der Waals surface area contributed by atoms with Gasteiger partial charge in [0, 0.05) is 45.1 Å². The maximum atomic E-state index is 12.6. The van der Waals surface area contributed by atoms with Gasteiger partial charge >= 0.3 is 6.03 Å². The number of likely N-dealkylation sites (tertiary alicyclic amines) is 1. The summed E-state index contributed by atoms with van der Waals surface area (Å²) in [6.45, 7) is 4.50. The first-order valence-corrected chi connectivity index (χ1v) is 10.2. The lowest BCUT2D eigenvalue weighted by atomic mass is 10.0. The van der Waals surface area contributed by atoms with Gasteiger partial charge in [-0.1, -0.05) is 0 Å². The van der Waals surface area contributed by atoms with Crippen molar-refractivity contribution in [3.05, 3.63) is 31.1 Å². The van der Waals surface area contributed by atoms with Crippen LogP contribution in [0, 0.1) is 11.8 Å². The molecule has 1 aliphatic carbocycles. The van der Waals surface area contributed by atoms with Gasteiger partial charge in [-0.05, 0) is 37.7 Å². The molecule has 1 saturated heterocycles. The average Bonchev–Trinajstić information content (AvgIpc) is 3.48. The maximum Gasteiger partial charge on any atom is 0.323 e. The second-order valence-electron chi connectivity index (χ2n) is 8.12. The van der Waals surface area contributed by atoms with Crippen LogP contribution in [-0.2, 0) is 6.54 Å². The number of amides is 2. The number of hydrogen-bond donors (Lipinski definition) is 2. The van der Waals surface area contributed by atoms with Gasteiger partial charge in [0.05, 0.1) is 11.7 Å². The molecule has 4 heterocycles. The van der Waals surface area contributed by atoms with E-state index < -0.39 is 0 Å². The SMILES string of the molecule is CCn1cnc(NC(=O)N2C[C@H]3C[C@H](N(C)c4ncnc5[nH]ccc45)C[C@H]3C2)c1. The summed E-state index contributed by atoms with van der Waals surface area (Å²) in [5, 5.41) is 3.98. The number of nitrogens with zero attached hydrogens (tertiary/aromatic N) is 6. The molecule has 3 aromatic heterocycles. The third-order valence-corrected chi connectivity index (χ3v) is 6.46. The van der Waals surface area contributed by atoms with Crippen LogP contribution in [0.15, 0.2) is 31.1 Å². The zero-order valence-electron chi connectivity index (χ0n) is 16.7. The van der Waals surface area contributed by atoms with E-state index in [1.165, 1.54) is 0 Å². The van der Waals surface area contributed by atoms with Crippen LogP contribution in [0.5, 0.6) is 0 Å². The Balaban J connectivity index is 1.21. The fourth-order valence-corrected chi connectivity index (χ4v) is 4.85. The molecule has 0 unspecified atom stereocenters. The van der Waals surface area contributed by atoms with Crippen molar-refractivity contribution >= 4 is 28.7 Å². The summed E-state index contributed by atoms with van der Waals surface area (Å²) in [6.07, 6.45) is 9.27. The average molecular weight is 394 g/mol. The van der Waals surface area contributed by atoms with Crippen molar-refractivity contribution < 1.29 is 4.79 Å². The zero-order valence-corrected chi connectivity index (χ0v) is 16.7. The number of imidazole rings is 1. The molecule has 3 atom stereocenters. The van der Waals surface area contributed by atoms with Crippen LogP contribution in [0.3, 0.4) is 0 Å². The molecule has 2 amide bonds. The highest BCUT2D eigenvalue weighted by Gasteiger charge is 2.44. The van der Waals surface area contributed by atoms with Crippen molar-refractivity contribution in [2.75, 3.05) is 30.4 Å². The highest BCUT2D eigenvalue weighted by atomic mass is 16.2. The normalized spacial score (nSPS) is 23.5. The fourth-order valence-electron chi connectivity index (χ4n) is 4.85. The topological polar surface area (TPSA) is 95.0 Å². The van der Waals surface area contributed by atoms with E-state index in [1.807, 2.05) is 34.9 Å². The van der Waals surface area contributed by atoms with Gasteiger partial charge in [0.1, 0.15) is 17.8 Å². The number of carbonyl (C=O) groups is 1. The summed E-state index contributed by atoms with van der Waals surface area (Å²) in [4.78, 5) is 33.1. The summed E-state index contributed by atoms with van der Waals surface area (Å²) >= 11 is 0. The molecular weight excluding hydrogens is 368 g/mol. The number of aromatic nitrogens is 5. The summed E-state index contributed by atoms with van der Waals surface area (Å²) in [5.41, 5.74) is 0.869. The predicted molar refractivity (Wildman–Crippen MR) is 111 cm³/mol. The van der Waals surface area contributed by atoms with Gasteiger partial charge in [0.25, 0.3) is 0 Å². The number of aromatic amines is 1. The van der Waals surface area contributed by atoms with Crippen LogP contribution in [0.2, 0.25) is 0 Å². The second-order valence-corrected chi connectivity index (χ2v) is 8.12. The molecular formula is C20H26N8O. The van der Waals surface area contributed by atoms with E-state index in [1.54, 1.807) is 12.7 Å². The van der Waals surface area contributed by atoms with Crippen LogP contribution < -0.4 is 10.2 Å². The first-order valence-electron chi connectivity index (χ1n) is 10.2. The van der Waals surface area contributed by atoms with Crippen LogP contribution in [-0.4, -0.2) is 61.6 Å². The lowest BCUT2D eigenvalue weighted by molar-refractivity contribution is 0.218. The minimum absolute atomic E-state index is 0.0458. The Hall–Kier alpha value is -3.10. The number of rotatable bonds is 4. The van der Waals surface area contributed by atoms with Gasteiger partial charge in [0.15, 0.2) is 5.82 Å². The molecule has 2 N–H and O–H groups in total. The largest absolute Gasteiger partial charge is 0.356 e. The lowest BCUT2D eigenvalue weighted by Gasteiger charge is -2.28. The predicted octanol–water partition coefficient (Wildman–Crippen LogP) is 2.55. The van der Waals surface area contributed by atoms with E-state index in [2.05, 4.69) is 37.2 Å². The Morgan fingerprint density at radius 3 is 2.79 bits per heavy atom. The van der Waals surface area contributed by atoms with Crippen molar-refractivity contribution in [3.8, 4) is 0 Å². The standard InChI is InChI=1S/C20H26N8O/c1-3-27-10-17(24-12-27)25-20(29)28-8-13-6-15(7-14(13)9-28)26(2)19-16-4-5-21-18(16)22-11-23-19/h4-5,10-15H,3,6-9H2,1-2H3,(H,25,29)(H,21,22,23)/t13-,14+,15+. The second kappa shape index (κ2) is 7.06.